The summed E-state index contributed by atoms with van der Waals surface area (Å²) < 4.78 is 11.5. The quantitative estimate of drug-likeness (QED) is 0.613. The Morgan fingerprint density at radius 1 is 1.35 bits per heavy atom. The zero-order valence-electron chi connectivity index (χ0n) is 10.8. The standard InChI is InChI=1S/C15H11BrN2O2/c1-3-5-20-15-13(16)7-11(6-12(9-17)10-18)8-14(15)19-4-2/h1,6-8H,4-5H2,2H3. The van der Waals surface area contributed by atoms with Gasteiger partial charge in [-0.15, -0.1) is 6.42 Å². The predicted molar refractivity (Wildman–Crippen MR) is 78.8 cm³/mol. The van der Waals surface area contributed by atoms with E-state index in [1.54, 1.807) is 24.3 Å². The van der Waals surface area contributed by atoms with Crippen LogP contribution in [0.15, 0.2) is 22.2 Å². The van der Waals surface area contributed by atoms with Gasteiger partial charge in [-0.1, -0.05) is 5.92 Å². The third-order valence-corrected chi connectivity index (χ3v) is 2.77. The van der Waals surface area contributed by atoms with Crippen LogP contribution in [-0.4, -0.2) is 13.2 Å². The Bertz CT molecular complexity index is 630. The van der Waals surface area contributed by atoms with E-state index in [2.05, 4.69) is 21.9 Å². The molecular weight excluding hydrogens is 320 g/mol. The first-order chi connectivity index (χ1) is 9.65. The fourth-order valence-electron chi connectivity index (χ4n) is 1.44. The zero-order chi connectivity index (χ0) is 15.0. The molecule has 0 atom stereocenters. The van der Waals surface area contributed by atoms with E-state index in [0.717, 1.165) is 0 Å². The fourth-order valence-corrected chi connectivity index (χ4v) is 2.02. The maximum atomic E-state index is 8.77. The van der Waals surface area contributed by atoms with Gasteiger partial charge in [0.05, 0.1) is 11.1 Å². The molecule has 100 valence electrons. The number of terminal acetylenes is 1. The van der Waals surface area contributed by atoms with Crippen LogP contribution in [0.4, 0.5) is 0 Å². The van der Waals surface area contributed by atoms with Crippen molar-refractivity contribution in [2.24, 2.45) is 0 Å². The summed E-state index contributed by atoms with van der Waals surface area (Å²) in [7, 11) is 0. The summed E-state index contributed by atoms with van der Waals surface area (Å²) >= 11 is 3.36. The van der Waals surface area contributed by atoms with Gasteiger partial charge in [0.25, 0.3) is 0 Å². The van der Waals surface area contributed by atoms with Crippen molar-refractivity contribution in [3.8, 4) is 36.0 Å². The highest BCUT2D eigenvalue weighted by Gasteiger charge is 2.11. The van der Waals surface area contributed by atoms with Crippen LogP contribution >= 0.6 is 15.9 Å². The minimum Gasteiger partial charge on any atom is -0.490 e. The lowest BCUT2D eigenvalue weighted by molar-refractivity contribution is 0.298. The highest BCUT2D eigenvalue weighted by atomic mass is 79.9. The van der Waals surface area contributed by atoms with E-state index in [-0.39, 0.29) is 12.2 Å². The van der Waals surface area contributed by atoms with Crippen LogP contribution in [0, 0.1) is 35.0 Å². The first-order valence-electron chi connectivity index (χ1n) is 5.70. The number of nitrogens with zero attached hydrogens (tertiary/aromatic N) is 2. The monoisotopic (exact) mass is 330 g/mol. The Balaban J connectivity index is 3.27. The van der Waals surface area contributed by atoms with Gasteiger partial charge in [0, 0.05) is 0 Å². The molecule has 0 amide bonds. The van der Waals surface area contributed by atoms with Gasteiger partial charge in [0.2, 0.25) is 0 Å². The molecule has 0 saturated carbocycles. The molecule has 1 rings (SSSR count). The third-order valence-electron chi connectivity index (χ3n) is 2.18. The topological polar surface area (TPSA) is 66.0 Å². The molecule has 1 aromatic carbocycles. The van der Waals surface area contributed by atoms with Crippen molar-refractivity contribution in [2.75, 3.05) is 13.2 Å². The van der Waals surface area contributed by atoms with Crippen LogP contribution in [0.5, 0.6) is 11.5 Å². The summed E-state index contributed by atoms with van der Waals surface area (Å²) in [5.41, 5.74) is 0.670. The van der Waals surface area contributed by atoms with Crippen LogP contribution in [0.1, 0.15) is 12.5 Å². The molecule has 0 spiro atoms. The maximum absolute atomic E-state index is 8.77. The second kappa shape index (κ2) is 7.89. The molecule has 0 heterocycles. The minimum absolute atomic E-state index is 0.0108. The van der Waals surface area contributed by atoms with Gasteiger partial charge < -0.3 is 9.47 Å². The van der Waals surface area contributed by atoms with Gasteiger partial charge >= 0.3 is 0 Å². The second-order valence-corrected chi connectivity index (χ2v) is 4.39. The molecule has 4 nitrogen and oxygen atoms in total. The highest BCUT2D eigenvalue weighted by molar-refractivity contribution is 9.10. The number of halogens is 1. The molecule has 0 fully saturated rings. The molecule has 0 aliphatic rings. The maximum Gasteiger partial charge on any atom is 0.176 e. The Hall–Kier alpha value is -2.42. The first-order valence-corrected chi connectivity index (χ1v) is 6.50. The molecule has 0 unspecified atom stereocenters. The van der Waals surface area contributed by atoms with E-state index < -0.39 is 0 Å². The SMILES string of the molecule is C#CCOc1c(Br)cc(C=C(C#N)C#N)cc1OCC. The Morgan fingerprint density at radius 3 is 2.60 bits per heavy atom. The van der Waals surface area contributed by atoms with E-state index in [9.17, 15) is 0 Å². The van der Waals surface area contributed by atoms with Gasteiger partial charge in [0.15, 0.2) is 11.5 Å². The van der Waals surface area contributed by atoms with Crippen LogP contribution in [-0.2, 0) is 0 Å². The molecule has 0 aromatic heterocycles. The molecule has 0 radical (unpaired) electrons. The molecule has 20 heavy (non-hydrogen) atoms. The van der Waals surface area contributed by atoms with E-state index in [1.165, 1.54) is 6.08 Å². The van der Waals surface area contributed by atoms with Gasteiger partial charge in [-0.2, -0.15) is 10.5 Å². The summed E-state index contributed by atoms with van der Waals surface area (Å²) in [6.45, 7) is 2.42. The predicted octanol–water partition coefficient (Wildman–Crippen LogP) is 3.29. The number of ether oxygens (including phenoxy) is 2. The van der Waals surface area contributed by atoms with Gasteiger partial charge in [-0.05, 0) is 46.6 Å². The zero-order valence-corrected chi connectivity index (χ0v) is 12.4. The molecule has 0 saturated heterocycles. The third kappa shape index (κ3) is 4.05. The second-order valence-electron chi connectivity index (χ2n) is 3.54. The fraction of sp³-hybridized carbons (Fsp3) is 0.200. The Morgan fingerprint density at radius 2 is 2.05 bits per heavy atom. The largest absolute Gasteiger partial charge is 0.490 e. The number of benzene rings is 1. The molecule has 5 heteroatoms. The molecule has 0 bridgehead atoms. The normalized spacial score (nSPS) is 8.75. The summed E-state index contributed by atoms with van der Waals surface area (Å²) in [6.07, 6.45) is 6.64. The molecule has 0 aliphatic carbocycles. The molecule has 0 N–H and O–H groups in total. The van der Waals surface area contributed by atoms with Gasteiger partial charge in [-0.25, -0.2) is 0 Å². The molecular formula is C15H11BrN2O2. The van der Waals surface area contributed by atoms with E-state index >= 15 is 0 Å². The van der Waals surface area contributed by atoms with Crippen LogP contribution < -0.4 is 9.47 Å². The average molecular weight is 331 g/mol. The molecule has 0 aliphatic heterocycles. The summed E-state index contributed by atoms with van der Waals surface area (Å²) in [5, 5.41) is 17.5. The smallest absolute Gasteiger partial charge is 0.176 e. The Labute approximate surface area is 126 Å². The van der Waals surface area contributed by atoms with Gasteiger partial charge in [0.1, 0.15) is 24.3 Å². The van der Waals surface area contributed by atoms with Crippen molar-refractivity contribution in [2.45, 2.75) is 6.92 Å². The first kappa shape index (κ1) is 15.6. The van der Waals surface area contributed by atoms with E-state index in [0.29, 0.717) is 28.1 Å². The number of rotatable bonds is 5. The Kier molecular flexibility index (Phi) is 6.17. The van der Waals surface area contributed by atoms with E-state index in [4.69, 9.17) is 26.4 Å². The van der Waals surface area contributed by atoms with Crippen molar-refractivity contribution >= 4 is 22.0 Å². The average Bonchev–Trinajstić information content (AvgIpc) is 2.44. The van der Waals surface area contributed by atoms with Gasteiger partial charge in [-0.3, -0.25) is 0 Å². The van der Waals surface area contributed by atoms with Crippen molar-refractivity contribution in [1.82, 2.24) is 0 Å². The number of hydrogen-bond acceptors (Lipinski definition) is 4. The van der Waals surface area contributed by atoms with Crippen molar-refractivity contribution in [3.63, 3.8) is 0 Å². The summed E-state index contributed by atoms with van der Waals surface area (Å²) in [6, 6.07) is 7.03. The lowest BCUT2D eigenvalue weighted by Gasteiger charge is -2.13. The lowest BCUT2D eigenvalue weighted by Crippen LogP contribution is -2.00. The molecule has 1 aromatic rings. The van der Waals surface area contributed by atoms with Crippen molar-refractivity contribution < 1.29 is 9.47 Å². The summed E-state index contributed by atoms with van der Waals surface area (Å²) in [4.78, 5) is 0. The minimum atomic E-state index is 0.0108. The summed E-state index contributed by atoms with van der Waals surface area (Å²) in [5.74, 6) is 3.38. The number of allylic oxidation sites excluding steroid dienone is 1. The van der Waals surface area contributed by atoms with E-state index in [1.807, 2.05) is 6.92 Å². The lowest BCUT2D eigenvalue weighted by atomic mass is 10.1. The van der Waals surface area contributed by atoms with Crippen LogP contribution in [0.25, 0.3) is 6.08 Å². The van der Waals surface area contributed by atoms with Crippen LogP contribution in [0.2, 0.25) is 0 Å². The van der Waals surface area contributed by atoms with Crippen molar-refractivity contribution in [3.05, 3.63) is 27.7 Å². The highest BCUT2D eigenvalue weighted by Crippen LogP contribution is 2.37. The number of nitriles is 2. The van der Waals surface area contributed by atoms with Crippen LogP contribution in [0.3, 0.4) is 0 Å². The van der Waals surface area contributed by atoms with Crippen molar-refractivity contribution in [1.29, 1.82) is 10.5 Å². The number of hydrogen-bond donors (Lipinski definition) is 0.